The Labute approximate surface area is 102 Å². The molecule has 0 N–H and O–H groups in total. The number of hydrogen-bond donors (Lipinski definition) is 0. The van der Waals surface area contributed by atoms with Crippen LogP contribution in [0.2, 0.25) is 0 Å². The molecule has 0 radical (unpaired) electrons. The van der Waals surface area contributed by atoms with E-state index in [9.17, 15) is 4.79 Å². The van der Waals surface area contributed by atoms with Crippen molar-refractivity contribution in [2.75, 3.05) is 52.1 Å². The summed E-state index contributed by atoms with van der Waals surface area (Å²) in [7, 11) is 10.9. The van der Waals surface area contributed by atoms with Gasteiger partial charge in [-0.3, -0.25) is 4.79 Å². The summed E-state index contributed by atoms with van der Waals surface area (Å²) in [6.45, 7) is 0. The van der Waals surface area contributed by atoms with Crippen LogP contribution in [0.5, 0.6) is 0 Å². The van der Waals surface area contributed by atoms with Crippen LogP contribution in [0, 0.1) is 0 Å². The highest BCUT2D eigenvalue weighted by atomic mass is 16.2. The van der Waals surface area contributed by atoms with Crippen LogP contribution in [0.15, 0.2) is 6.07 Å². The fourth-order valence-corrected chi connectivity index (χ4v) is 1.19. The van der Waals surface area contributed by atoms with E-state index in [1.165, 1.54) is 4.90 Å². The number of carbonyl (C=O) groups is 1. The van der Waals surface area contributed by atoms with Crippen LogP contribution in [0.25, 0.3) is 0 Å². The molecule has 0 unspecified atom stereocenters. The van der Waals surface area contributed by atoms with Gasteiger partial charge in [-0.15, -0.1) is 0 Å². The predicted octanol–water partition coefficient (Wildman–Crippen LogP) is 0.310. The maximum atomic E-state index is 11.9. The molecule has 17 heavy (non-hydrogen) atoms. The Morgan fingerprint density at radius 3 is 2.00 bits per heavy atom. The maximum Gasteiger partial charge on any atom is 0.272 e. The van der Waals surface area contributed by atoms with E-state index in [0.717, 1.165) is 0 Å². The zero-order valence-electron chi connectivity index (χ0n) is 11.2. The number of anilines is 2. The first-order valence-electron chi connectivity index (χ1n) is 5.28. The first kappa shape index (κ1) is 13.2. The van der Waals surface area contributed by atoms with Gasteiger partial charge in [0.1, 0.15) is 11.5 Å². The third-order valence-electron chi connectivity index (χ3n) is 2.18. The van der Waals surface area contributed by atoms with Crippen molar-refractivity contribution in [2.45, 2.75) is 0 Å². The Morgan fingerprint density at radius 1 is 1.00 bits per heavy atom. The highest BCUT2D eigenvalue weighted by Gasteiger charge is 2.15. The third-order valence-corrected chi connectivity index (χ3v) is 2.18. The standard InChI is InChI=1S/C11H19N5O/c1-14(2)9-7-8(10(17)15(3)4)12-11(13-9)16(5)6/h7H,1-6H3. The summed E-state index contributed by atoms with van der Waals surface area (Å²) in [6.07, 6.45) is 0. The van der Waals surface area contributed by atoms with E-state index < -0.39 is 0 Å². The summed E-state index contributed by atoms with van der Waals surface area (Å²) >= 11 is 0. The van der Waals surface area contributed by atoms with E-state index in [1.807, 2.05) is 33.1 Å². The molecule has 1 heterocycles. The molecule has 6 heteroatoms. The lowest BCUT2D eigenvalue weighted by Gasteiger charge is -2.18. The van der Waals surface area contributed by atoms with E-state index in [4.69, 9.17) is 0 Å². The van der Waals surface area contributed by atoms with E-state index in [0.29, 0.717) is 17.5 Å². The van der Waals surface area contributed by atoms with Crippen molar-refractivity contribution in [2.24, 2.45) is 0 Å². The van der Waals surface area contributed by atoms with Gasteiger partial charge >= 0.3 is 0 Å². The molecule has 1 amide bonds. The van der Waals surface area contributed by atoms with Gasteiger partial charge in [-0.25, -0.2) is 4.98 Å². The lowest BCUT2D eigenvalue weighted by Crippen LogP contribution is -2.25. The molecule has 0 aromatic carbocycles. The maximum absolute atomic E-state index is 11.9. The summed E-state index contributed by atoms with van der Waals surface area (Å²) in [6, 6.07) is 1.69. The van der Waals surface area contributed by atoms with Crippen LogP contribution in [0.1, 0.15) is 10.5 Å². The quantitative estimate of drug-likeness (QED) is 0.757. The average Bonchev–Trinajstić information content (AvgIpc) is 2.27. The zero-order valence-corrected chi connectivity index (χ0v) is 11.2. The summed E-state index contributed by atoms with van der Waals surface area (Å²) in [5, 5.41) is 0. The Kier molecular flexibility index (Phi) is 3.88. The Bertz CT molecular complexity index is 388. The fourth-order valence-electron chi connectivity index (χ4n) is 1.19. The second kappa shape index (κ2) is 4.99. The molecular weight excluding hydrogens is 218 g/mol. The number of carbonyl (C=O) groups excluding carboxylic acids is 1. The van der Waals surface area contributed by atoms with Crippen LogP contribution in [-0.2, 0) is 0 Å². The van der Waals surface area contributed by atoms with E-state index >= 15 is 0 Å². The van der Waals surface area contributed by atoms with Gasteiger partial charge in [-0.1, -0.05) is 0 Å². The topological polar surface area (TPSA) is 52.6 Å². The molecule has 94 valence electrons. The number of aromatic nitrogens is 2. The van der Waals surface area contributed by atoms with Crippen molar-refractivity contribution in [3.05, 3.63) is 11.8 Å². The molecule has 0 saturated carbocycles. The molecule has 0 aliphatic heterocycles. The molecular formula is C11H19N5O. The summed E-state index contributed by atoms with van der Waals surface area (Å²) < 4.78 is 0. The highest BCUT2D eigenvalue weighted by Crippen LogP contribution is 2.15. The van der Waals surface area contributed by atoms with Gasteiger partial charge in [-0.05, 0) is 0 Å². The van der Waals surface area contributed by atoms with E-state index in [1.54, 1.807) is 25.1 Å². The average molecular weight is 237 g/mol. The SMILES string of the molecule is CN(C)C(=O)c1cc(N(C)C)nc(N(C)C)n1. The molecule has 1 rings (SSSR count). The minimum absolute atomic E-state index is 0.126. The Hall–Kier alpha value is -1.85. The minimum Gasteiger partial charge on any atom is -0.363 e. The normalized spacial score (nSPS) is 10.0. The first-order valence-corrected chi connectivity index (χ1v) is 5.28. The van der Waals surface area contributed by atoms with Gasteiger partial charge < -0.3 is 14.7 Å². The van der Waals surface area contributed by atoms with Gasteiger partial charge in [0.2, 0.25) is 5.95 Å². The first-order chi connectivity index (χ1) is 7.82. The highest BCUT2D eigenvalue weighted by molar-refractivity contribution is 5.93. The zero-order chi connectivity index (χ0) is 13.2. The third kappa shape index (κ3) is 3.05. The second-order valence-electron chi connectivity index (χ2n) is 4.40. The van der Waals surface area contributed by atoms with Crippen LogP contribution in [0.4, 0.5) is 11.8 Å². The van der Waals surface area contributed by atoms with Crippen LogP contribution in [0.3, 0.4) is 0 Å². The van der Waals surface area contributed by atoms with Crippen LogP contribution < -0.4 is 9.80 Å². The van der Waals surface area contributed by atoms with E-state index in [-0.39, 0.29) is 5.91 Å². The molecule has 1 aromatic heterocycles. The predicted molar refractivity (Wildman–Crippen MR) is 68.7 cm³/mol. The molecule has 0 fully saturated rings. The number of rotatable bonds is 3. The molecule has 6 nitrogen and oxygen atoms in total. The van der Waals surface area contributed by atoms with Gasteiger partial charge in [0.15, 0.2) is 0 Å². The molecule has 0 bridgehead atoms. The largest absolute Gasteiger partial charge is 0.363 e. The molecule has 1 aromatic rings. The van der Waals surface area contributed by atoms with Crippen molar-refractivity contribution in [1.82, 2.24) is 14.9 Å². The van der Waals surface area contributed by atoms with Crippen LogP contribution in [-0.4, -0.2) is 63.1 Å². The second-order valence-corrected chi connectivity index (χ2v) is 4.40. The van der Waals surface area contributed by atoms with Gasteiger partial charge in [0, 0.05) is 48.4 Å². The number of hydrogen-bond acceptors (Lipinski definition) is 5. The number of amides is 1. The van der Waals surface area contributed by atoms with Crippen molar-refractivity contribution >= 4 is 17.7 Å². The van der Waals surface area contributed by atoms with Crippen molar-refractivity contribution < 1.29 is 4.79 Å². The van der Waals surface area contributed by atoms with Crippen LogP contribution >= 0.6 is 0 Å². The van der Waals surface area contributed by atoms with Gasteiger partial charge in [0.05, 0.1) is 0 Å². The van der Waals surface area contributed by atoms with Crippen molar-refractivity contribution in [3.8, 4) is 0 Å². The molecule has 0 aliphatic carbocycles. The summed E-state index contributed by atoms with van der Waals surface area (Å²) in [4.78, 5) is 25.6. The van der Waals surface area contributed by atoms with E-state index in [2.05, 4.69) is 9.97 Å². The van der Waals surface area contributed by atoms with Gasteiger partial charge in [0.25, 0.3) is 5.91 Å². The molecule has 0 aliphatic rings. The molecule has 0 saturated heterocycles. The minimum atomic E-state index is -0.126. The van der Waals surface area contributed by atoms with Crippen molar-refractivity contribution in [3.63, 3.8) is 0 Å². The smallest absolute Gasteiger partial charge is 0.272 e. The van der Waals surface area contributed by atoms with Gasteiger partial charge in [-0.2, -0.15) is 4.98 Å². The lowest BCUT2D eigenvalue weighted by molar-refractivity contribution is 0.0822. The lowest BCUT2D eigenvalue weighted by atomic mass is 10.3. The fraction of sp³-hybridized carbons (Fsp3) is 0.545. The number of nitrogens with zero attached hydrogens (tertiary/aromatic N) is 5. The molecule has 0 spiro atoms. The Morgan fingerprint density at radius 2 is 1.59 bits per heavy atom. The monoisotopic (exact) mass is 237 g/mol. The summed E-state index contributed by atoms with van der Waals surface area (Å²) in [5.41, 5.74) is 0.400. The van der Waals surface area contributed by atoms with Crippen molar-refractivity contribution in [1.29, 1.82) is 0 Å². The summed E-state index contributed by atoms with van der Waals surface area (Å²) in [5.74, 6) is 1.12. The Balaban J connectivity index is 3.26. The molecule has 0 atom stereocenters.